The van der Waals surface area contributed by atoms with E-state index in [1.807, 2.05) is 6.92 Å². The number of benzene rings is 1. The summed E-state index contributed by atoms with van der Waals surface area (Å²) in [6.07, 6.45) is 2.13. The van der Waals surface area contributed by atoms with Gasteiger partial charge in [-0.15, -0.1) is 0 Å². The topological polar surface area (TPSA) is 86.5 Å². The lowest BCUT2D eigenvalue weighted by atomic mass is 10.1. The molecule has 6 nitrogen and oxygen atoms in total. The Bertz CT molecular complexity index is 577. The first-order chi connectivity index (χ1) is 9.99. The molecule has 1 aromatic rings. The summed E-state index contributed by atoms with van der Waals surface area (Å²) in [5.41, 5.74) is 0.217. The van der Waals surface area contributed by atoms with Gasteiger partial charge in [-0.2, -0.15) is 0 Å². The Kier molecular flexibility index (Phi) is 6.26. The number of carbonyl (C=O) groups is 2. The number of carbonyl (C=O) groups excluding carboxylic acids is 2. The van der Waals surface area contributed by atoms with Crippen molar-refractivity contribution in [2.45, 2.75) is 26.7 Å². The molecular weight excluding hydrogens is 274 g/mol. The molecule has 0 saturated carbocycles. The summed E-state index contributed by atoms with van der Waals surface area (Å²) in [6.45, 7) is 3.71. The van der Waals surface area contributed by atoms with Crippen molar-refractivity contribution in [2.75, 3.05) is 6.61 Å². The van der Waals surface area contributed by atoms with Crippen LogP contribution in [0, 0.1) is 10.1 Å². The second kappa shape index (κ2) is 7.94. The predicted octanol–water partition coefficient (Wildman–Crippen LogP) is 2.91. The summed E-state index contributed by atoms with van der Waals surface area (Å²) >= 11 is 0. The lowest BCUT2D eigenvalue weighted by Crippen LogP contribution is -2.15. The maximum atomic E-state index is 11.9. The number of nitrogens with zero attached hydrogens (tertiary/aromatic N) is 1. The van der Waals surface area contributed by atoms with Crippen LogP contribution in [0.5, 0.6) is 0 Å². The zero-order valence-corrected chi connectivity index (χ0v) is 12.0. The van der Waals surface area contributed by atoms with Crippen molar-refractivity contribution >= 4 is 23.5 Å². The Hall–Kier alpha value is -2.50. The number of nitro groups is 1. The van der Waals surface area contributed by atoms with Crippen LogP contribution in [0.25, 0.3) is 6.08 Å². The summed E-state index contributed by atoms with van der Waals surface area (Å²) < 4.78 is 4.96. The standard InChI is InChI=1S/C15H17NO5/c1-3-8-21-15(18)13(14(17)4-2)10-11-6-5-7-12(9-11)16(19)20/h5-7,9-10H,3-4,8H2,1-2H3. The number of hydrogen-bond donors (Lipinski definition) is 0. The molecule has 0 fully saturated rings. The molecule has 0 atom stereocenters. The average molecular weight is 291 g/mol. The molecule has 1 aromatic carbocycles. The zero-order chi connectivity index (χ0) is 15.8. The SMILES string of the molecule is CCCOC(=O)C(=Cc1cccc([N+](=O)[O-])c1)C(=O)CC. The number of ketones is 1. The van der Waals surface area contributed by atoms with Crippen LogP contribution in [-0.4, -0.2) is 23.3 Å². The lowest BCUT2D eigenvalue weighted by molar-refractivity contribution is -0.384. The van der Waals surface area contributed by atoms with Crippen molar-refractivity contribution in [3.05, 3.63) is 45.5 Å². The van der Waals surface area contributed by atoms with Crippen molar-refractivity contribution in [1.29, 1.82) is 0 Å². The maximum absolute atomic E-state index is 11.9. The van der Waals surface area contributed by atoms with Crippen molar-refractivity contribution < 1.29 is 19.2 Å². The third-order valence-electron chi connectivity index (χ3n) is 2.67. The summed E-state index contributed by atoms with van der Waals surface area (Å²) in [4.78, 5) is 33.9. The van der Waals surface area contributed by atoms with E-state index in [4.69, 9.17) is 4.74 Å². The second-order valence-electron chi connectivity index (χ2n) is 4.32. The molecule has 6 heteroatoms. The van der Waals surface area contributed by atoms with Crippen molar-refractivity contribution in [2.24, 2.45) is 0 Å². The highest BCUT2D eigenvalue weighted by Crippen LogP contribution is 2.17. The molecule has 0 spiro atoms. The fraction of sp³-hybridized carbons (Fsp3) is 0.333. The van der Waals surface area contributed by atoms with Gasteiger partial charge in [-0.3, -0.25) is 14.9 Å². The van der Waals surface area contributed by atoms with Crippen LogP contribution >= 0.6 is 0 Å². The number of ether oxygens (including phenoxy) is 1. The van der Waals surface area contributed by atoms with E-state index in [-0.39, 0.29) is 30.1 Å². The first-order valence-corrected chi connectivity index (χ1v) is 6.66. The van der Waals surface area contributed by atoms with Gasteiger partial charge >= 0.3 is 5.97 Å². The quantitative estimate of drug-likeness (QED) is 0.192. The smallest absolute Gasteiger partial charge is 0.341 e. The summed E-state index contributed by atoms with van der Waals surface area (Å²) in [7, 11) is 0. The molecule has 0 aromatic heterocycles. The zero-order valence-electron chi connectivity index (χ0n) is 12.0. The van der Waals surface area contributed by atoms with Gasteiger partial charge in [-0.05, 0) is 18.1 Å². The predicted molar refractivity (Wildman–Crippen MR) is 77.6 cm³/mol. The van der Waals surface area contributed by atoms with Gasteiger partial charge in [0.25, 0.3) is 5.69 Å². The fourth-order valence-corrected chi connectivity index (χ4v) is 1.61. The molecule has 0 saturated heterocycles. The third kappa shape index (κ3) is 4.83. The Morgan fingerprint density at radius 3 is 2.62 bits per heavy atom. The number of nitro benzene ring substituents is 1. The highest BCUT2D eigenvalue weighted by atomic mass is 16.6. The van der Waals surface area contributed by atoms with Gasteiger partial charge in [0.2, 0.25) is 0 Å². The van der Waals surface area contributed by atoms with Gasteiger partial charge in [0, 0.05) is 18.6 Å². The second-order valence-corrected chi connectivity index (χ2v) is 4.32. The molecule has 21 heavy (non-hydrogen) atoms. The molecule has 0 radical (unpaired) electrons. The van der Waals surface area contributed by atoms with Crippen LogP contribution in [0.2, 0.25) is 0 Å². The summed E-state index contributed by atoms with van der Waals surface area (Å²) in [5.74, 6) is -1.06. The van der Waals surface area contributed by atoms with Gasteiger partial charge in [0.15, 0.2) is 5.78 Å². The van der Waals surface area contributed by atoms with Crippen molar-refractivity contribution in [3.8, 4) is 0 Å². The minimum absolute atomic E-state index is 0.0913. The molecule has 0 N–H and O–H groups in total. The normalized spacial score (nSPS) is 11.0. The Morgan fingerprint density at radius 2 is 2.05 bits per heavy atom. The van der Waals surface area contributed by atoms with Crippen LogP contribution < -0.4 is 0 Å². The Labute approximate surface area is 122 Å². The van der Waals surface area contributed by atoms with E-state index in [1.54, 1.807) is 13.0 Å². The van der Waals surface area contributed by atoms with E-state index < -0.39 is 10.9 Å². The fourth-order valence-electron chi connectivity index (χ4n) is 1.61. The van der Waals surface area contributed by atoms with Gasteiger partial charge in [-0.25, -0.2) is 4.79 Å². The Morgan fingerprint density at radius 1 is 1.33 bits per heavy atom. The van der Waals surface area contributed by atoms with E-state index in [0.29, 0.717) is 12.0 Å². The van der Waals surface area contributed by atoms with Crippen LogP contribution in [0.15, 0.2) is 29.8 Å². The largest absolute Gasteiger partial charge is 0.462 e. The molecule has 0 heterocycles. The molecule has 0 bridgehead atoms. The molecular formula is C15H17NO5. The number of esters is 1. The van der Waals surface area contributed by atoms with E-state index in [9.17, 15) is 19.7 Å². The molecule has 0 unspecified atom stereocenters. The maximum Gasteiger partial charge on any atom is 0.341 e. The third-order valence-corrected chi connectivity index (χ3v) is 2.67. The van der Waals surface area contributed by atoms with Gasteiger partial charge < -0.3 is 4.74 Å². The highest BCUT2D eigenvalue weighted by Gasteiger charge is 2.18. The monoisotopic (exact) mass is 291 g/mol. The van der Waals surface area contributed by atoms with Crippen LogP contribution in [0.3, 0.4) is 0 Å². The number of rotatable bonds is 7. The van der Waals surface area contributed by atoms with E-state index in [0.717, 1.165) is 0 Å². The first-order valence-electron chi connectivity index (χ1n) is 6.66. The van der Waals surface area contributed by atoms with Gasteiger partial charge in [0.1, 0.15) is 5.57 Å². The molecule has 1 rings (SSSR count). The van der Waals surface area contributed by atoms with Gasteiger partial charge in [-0.1, -0.05) is 26.0 Å². The minimum Gasteiger partial charge on any atom is -0.462 e. The van der Waals surface area contributed by atoms with Crippen LogP contribution in [0.4, 0.5) is 5.69 Å². The average Bonchev–Trinajstić information content (AvgIpc) is 2.49. The highest BCUT2D eigenvalue weighted by molar-refractivity contribution is 6.20. The Balaban J connectivity index is 3.13. The number of hydrogen-bond acceptors (Lipinski definition) is 5. The summed E-state index contributed by atoms with van der Waals surface area (Å²) in [5, 5.41) is 10.7. The van der Waals surface area contributed by atoms with E-state index in [1.165, 1.54) is 24.3 Å². The van der Waals surface area contributed by atoms with Crippen molar-refractivity contribution in [3.63, 3.8) is 0 Å². The molecule has 0 aliphatic rings. The lowest BCUT2D eigenvalue weighted by Gasteiger charge is -2.06. The molecule has 112 valence electrons. The van der Waals surface area contributed by atoms with Crippen LogP contribution in [0.1, 0.15) is 32.3 Å². The van der Waals surface area contributed by atoms with E-state index >= 15 is 0 Å². The molecule has 0 amide bonds. The minimum atomic E-state index is -0.699. The van der Waals surface area contributed by atoms with Gasteiger partial charge in [0.05, 0.1) is 11.5 Å². The van der Waals surface area contributed by atoms with E-state index in [2.05, 4.69) is 0 Å². The van der Waals surface area contributed by atoms with Crippen LogP contribution in [-0.2, 0) is 14.3 Å². The number of Topliss-reactive ketones (excluding diaryl/α,β-unsaturated/α-hetero) is 1. The summed E-state index contributed by atoms with van der Waals surface area (Å²) in [6, 6.07) is 5.72. The van der Waals surface area contributed by atoms with Crippen molar-refractivity contribution in [1.82, 2.24) is 0 Å². The molecule has 0 aliphatic carbocycles. The molecule has 0 aliphatic heterocycles. The number of non-ortho nitro benzene ring substituents is 1. The first kappa shape index (κ1) is 16.6.